The minimum Gasteiger partial charge on any atom is -0.351 e. The smallest absolute Gasteiger partial charge is 0.251 e. The van der Waals surface area contributed by atoms with E-state index in [0.29, 0.717) is 25.0 Å². The van der Waals surface area contributed by atoms with Crippen LogP contribution in [-0.4, -0.2) is 23.6 Å². The molecule has 1 aromatic heterocycles. The number of hydrogen-bond donors (Lipinski definition) is 2. The molecule has 0 aliphatic heterocycles. The van der Waals surface area contributed by atoms with E-state index in [2.05, 4.69) is 42.8 Å². The number of nitrogens with zero attached hydrogens (tertiary/aromatic N) is 1. The zero-order chi connectivity index (χ0) is 16.6. The lowest BCUT2D eigenvalue weighted by Crippen LogP contribution is -2.28. The molecule has 23 heavy (non-hydrogen) atoms. The van der Waals surface area contributed by atoms with Gasteiger partial charge in [-0.3, -0.25) is 4.79 Å². The highest BCUT2D eigenvalue weighted by Gasteiger charge is 2.26. The molecule has 3 rings (SSSR count). The fraction of sp³-hybridized carbons (Fsp3) is 0.526. The zero-order valence-electron chi connectivity index (χ0n) is 14.4. The molecule has 3 N–H and O–H groups in total. The number of carbonyl (C=O) groups is 1. The van der Waals surface area contributed by atoms with Crippen molar-refractivity contribution in [1.82, 2.24) is 9.88 Å². The van der Waals surface area contributed by atoms with Gasteiger partial charge in [0, 0.05) is 41.3 Å². The molecule has 0 spiro atoms. The van der Waals surface area contributed by atoms with Gasteiger partial charge in [0.15, 0.2) is 0 Å². The van der Waals surface area contributed by atoms with Crippen LogP contribution in [0.4, 0.5) is 0 Å². The molecule has 1 amide bonds. The van der Waals surface area contributed by atoms with Gasteiger partial charge in [-0.25, -0.2) is 0 Å². The second-order valence-electron chi connectivity index (χ2n) is 6.90. The van der Waals surface area contributed by atoms with Crippen molar-refractivity contribution in [3.63, 3.8) is 0 Å². The summed E-state index contributed by atoms with van der Waals surface area (Å²) in [5.74, 6) is 0.551. The zero-order valence-corrected chi connectivity index (χ0v) is 14.4. The monoisotopic (exact) mass is 313 g/mol. The Morgan fingerprint density at radius 3 is 2.91 bits per heavy atom. The summed E-state index contributed by atoms with van der Waals surface area (Å²) in [4.78, 5) is 12.2. The number of aryl methyl sites for hydroxylation is 1. The lowest BCUT2D eigenvalue weighted by atomic mass is 9.87. The normalized spacial score (nSPS) is 17.5. The number of hydrogen-bond acceptors (Lipinski definition) is 2. The van der Waals surface area contributed by atoms with Crippen molar-refractivity contribution in [2.45, 2.75) is 52.0 Å². The molecule has 4 heteroatoms. The molecule has 0 saturated heterocycles. The standard InChI is InChI=1S/C19H27N3O/c1-12(2)22-17-8-7-14(19(23)21-10-9-20)11-16(17)15-6-4-5-13(3)18(15)22/h7-8,11-13H,4-6,9-10,20H2,1-3H3,(H,21,23). The first-order valence-electron chi connectivity index (χ1n) is 8.69. The van der Waals surface area contributed by atoms with E-state index in [1.807, 2.05) is 6.07 Å². The van der Waals surface area contributed by atoms with Crippen molar-refractivity contribution < 1.29 is 4.79 Å². The van der Waals surface area contributed by atoms with Crippen molar-refractivity contribution in [1.29, 1.82) is 0 Å². The highest BCUT2D eigenvalue weighted by atomic mass is 16.1. The van der Waals surface area contributed by atoms with Crippen LogP contribution in [0.25, 0.3) is 10.9 Å². The van der Waals surface area contributed by atoms with E-state index < -0.39 is 0 Å². The van der Waals surface area contributed by atoms with Crippen molar-refractivity contribution in [2.75, 3.05) is 13.1 Å². The number of fused-ring (bicyclic) bond motifs is 3. The van der Waals surface area contributed by atoms with Crippen molar-refractivity contribution in [3.05, 3.63) is 35.0 Å². The molecule has 1 heterocycles. The minimum atomic E-state index is -0.0349. The van der Waals surface area contributed by atoms with Gasteiger partial charge < -0.3 is 15.6 Å². The second kappa shape index (κ2) is 6.36. The average molecular weight is 313 g/mol. The third-order valence-electron chi connectivity index (χ3n) is 4.89. The Morgan fingerprint density at radius 1 is 1.43 bits per heavy atom. The number of carbonyl (C=O) groups excluding carboxylic acids is 1. The average Bonchev–Trinajstić information content (AvgIpc) is 2.88. The maximum absolute atomic E-state index is 12.2. The first-order chi connectivity index (χ1) is 11.0. The van der Waals surface area contributed by atoms with E-state index in [9.17, 15) is 4.79 Å². The molecule has 0 bridgehead atoms. The fourth-order valence-corrected chi connectivity index (χ4v) is 3.91. The molecular weight excluding hydrogens is 286 g/mol. The van der Waals surface area contributed by atoms with E-state index in [-0.39, 0.29) is 5.91 Å². The Balaban J connectivity index is 2.14. The number of aromatic nitrogens is 1. The molecule has 0 radical (unpaired) electrons. The van der Waals surface area contributed by atoms with Gasteiger partial charge in [-0.2, -0.15) is 0 Å². The number of rotatable bonds is 4. The SMILES string of the molecule is CC1CCCc2c1n(C(C)C)c1ccc(C(=O)NCCN)cc21. The van der Waals surface area contributed by atoms with Gasteiger partial charge >= 0.3 is 0 Å². The van der Waals surface area contributed by atoms with E-state index in [1.54, 1.807) is 0 Å². The van der Waals surface area contributed by atoms with Gasteiger partial charge in [-0.15, -0.1) is 0 Å². The molecular formula is C19H27N3O. The first kappa shape index (κ1) is 16.1. The number of benzene rings is 1. The van der Waals surface area contributed by atoms with Gasteiger partial charge in [0.2, 0.25) is 0 Å². The van der Waals surface area contributed by atoms with Crippen LogP contribution < -0.4 is 11.1 Å². The minimum absolute atomic E-state index is 0.0349. The lowest BCUT2D eigenvalue weighted by molar-refractivity contribution is 0.0955. The summed E-state index contributed by atoms with van der Waals surface area (Å²) in [5.41, 5.74) is 10.4. The molecule has 124 valence electrons. The summed E-state index contributed by atoms with van der Waals surface area (Å²) in [5, 5.41) is 4.11. The summed E-state index contributed by atoms with van der Waals surface area (Å²) < 4.78 is 2.47. The third kappa shape index (κ3) is 2.76. The second-order valence-corrected chi connectivity index (χ2v) is 6.90. The van der Waals surface area contributed by atoms with E-state index in [1.165, 1.54) is 35.0 Å². The number of nitrogens with one attached hydrogen (secondary N) is 1. The van der Waals surface area contributed by atoms with Crippen LogP contribution in [0, 0.1) is 0 Å². The Kier molecular flexibility index (Phi) is 4.44. The maximum Gasteiger partial charge on any atom is 0.251 e. The van der Waals surface area contributed by atoms with Crippen molar-refractivity contribution in [2.24, 2.45) is 5.73 Å². The lowest BCUT2D eigenvalue weighted by Gasteiger charge is -2.24. The Bertz CT molecular complexity index is 730. The first-order valence-corrected chi connectivity index (χ1v) is 8.69. The fourth-order valence-electron chi connectivity index (χ4n) is 3.91. The maximum atomic E-state index is 12.2. The molecule has 1 aliphatic rings. The predicted octanol–water partition coefficient (Wildman–Crippen LogP) is 3.35. The quantitative estimate of drug-likeness (QED) is 0.909. The molecule has 0 saturated carbocycles. The summed E-state index contributed by atoms with van der Waals surface area (Å²) >= 11 is 0. The van der Waals surface area contributed by atoms with E-state index in [0.717, 1.165) is 12.0 Å². The molecule has 1 atom stereocenters. The van der Waals surface area contributed by atoms with Crippen LogP contribution in [0.15, 0.2) is 18.2 Å². The van der Waals surface area contributed by atoms with E-state index in [4.69, 9.17) is 5.73 Å². The molecule has 1 aliphatic carbocycles. The molecule has 4 nitrogen and oxygen atoms in total. The van der Waals surface area contributed by atoms with Crippen LogP contribution >= 0.6 is 0 Å². The summed E-state index contributed by atoms with van der Waals surface area (Å²) in [6, 6.07) is 6.54. The van der Waals surface area contributed by atoms with Gasteiger partial charge in [-0.05, 0) is 62.8 Å². The molecule has 0 fully saturated rings. The molecule has 2 aromatic rings. The van der Waals surface area contributed by atoms with E-state index >= 15 is 0 Å². The van der Waals surface area contributed by atoms with Gasteiger partial charge in [0.25, 0.3) is 5.91 Å². The van der Waals surface area contributed by atoms with Crippen LogP contribution in [-0.2, 0) is 6.42 Å². The van der Waals surface area contributed by atoms with Crippen LogP contribution in [0.3, 0.4) is 0 Å². The highest BCUT2D eigenvalue weighted by molar-refractivity contribution is 5.99. The highest BCUT2D eigenvalue weighted by Crippen LogP contribution is 2.40. The van der Waals surface area contributed by atoms with Crippen molar-refractivity contribution in [3.8, 4) is 0 Å². The number of nitrogens with two attached hydrogens (primary N) is 1. The number of amides is 1. The van der Waals surface area contributed by atoms with Crippen LogP contribution in [0.5, 0.6) is 0 Å². The molecule has 1 aromatic carbocycles. The van der Waals surface area contributed by atoms with Gasteiger partial charge in [-0.1, -0.05) is 6.92 Å². The van der Waals surface area contributed by atoms with Gasteiger partial charge in [0.1, 0.15) is 0 Å². The Morgan fingerprint density at radius 2 is 2.22 bits per heavy atom. The molecule has 1 unspecified atom stereocenters. The third-order valence-corrected chi connectivity index (χ3v) is 4.89. The summed E-state index contributed by atoms with van der Waals surface area (Å²) in [6.07, 6.45) is 3.60. The summed E-state index contributed by atoms with van der Waals surface area (Å²) in [6.45, 7) is 7.78. The topological polar surface area (TPSA) is 60.0 Å². The van der Waals surface area contributed by atoms with Crippen molar-refractivity contribution >= 4 is 16.8 Å². The summed E-state index contributed by atoms with van der Waals surface area (Å²) in [7, 11) is 0. The predicted molar refractivity (Wildman–Crippen MR) is 95.1 cm³/mol. The van der Waals surface area contributed by atoms with Crippen LogP contribution in [0.1, 0.15) is 67.2 Å². The van der Waals surface area contributed by atoms with Gasteiger partial charge in [0.05, 0.1) is 0 Å². The Hall–Kier alpha value is -1.81. The Labute approximate surface area is 138 Å². The van der Waals surface area contributed by atoms with Crippen LogP contribution in [0.2, 0.25) is 0 Å². The largest absolute Gasteiger partial charge is 0.351 e.